The lowest BCUT2D eigenvalue weighted by Gasteiger charge is -2.38. The minimum absolute atomic E-state index is 0.246. The van der Waals surface area contributed by atoms with Crippen molar-refractivity contribution in [3.63, 3.8) is 0 Å². The number of thiophene rings is 1. The molecule has 0 spiro atoms. The first-order valence-corrected chi connectivity index (χ1v) is 11.8. The molecule has 1 aliphatic carbocycles. The van der Waals surface area contributed by atoms with Gasteiger partial charge in [0.05, 0.1) is 12.5 Å². The van der Waals surface area contributed by atoms with E-state index >= 15 is 0 Å². The van der Waals surface area contributed by atoms with Crippen molar-refractivity contribution < 1.29 is 9.53 Å². The number of carbonyl (C=O) groups is 1. The van der Waals surface area contributed by atoms with E-state index < -0.39 is 0 Å². The molecule has 0 bridgehead atoms. The van der Waals surface area contributed by atoms with Crippen molar-refractivity contribution in [3.8, 4) is 0 Å². The fraction of sp³-hybridized carbons (Fsp3) is 0.773. The van der Waals surface area contributed by atoms with E-state index in [0.717, 1.165) is 38.6 Å². The van der Waals surface area contributed by atoms with Crippen molar-refractivity contribution in [3.05, 3.63) is 22.4 Å². The monoisotopic (exact) mass is 390 g/mol. The number of amides is 1. The number of ether oxygens (including phenoxy) is 1. The smallest absolute Gasteiger partial charge is 0.227 e. The Labute approximate surface area is 167 Å². The van der Waals surface area contributed by atoms with E-state index in [0.29, 0.717) is 12.3 Å². The number of likely N-dealkylation sites (tertiary alicyclic amines) is 1. The van der Waals surface area contributed by atoms with Crippen molar-refractivity contribution >= 4 is 17.2 Å². The molecule has 150 valence electrons. The van der Waals surface area contributed by atoms with Gasteiger partial charge in [0.2, 0.25) is 5.91 Å². The summed E-state index contributed by atoms with van der Waals surface area (Å²) in [6.07, 6.45) is 11.1. The van der Waals surface area contributed by atoms with Crippen LogP contribution in [0.15, 0.2) is 17.5 Å². The Morgan fingerprint density at radius 2 is 1.93 bits per heavy atom. The second kappa shape index (κ2) is 9.53. The van der Waals surface area contributed by atoms with Crippen molar-refractivity contribution in [2.45, 2.75) is 69.9 Å². The Bertz CT molecular complexity index is 571. The fourth-order valence-corrected chi connectivity index (χ4v) is 5.76. The maximum atomic E-state index is 13.0. The minimum atomic E-state index is 0.246. The third-order valence-electron chi connectivity index (χ3n) is 6.68. The predicted molar refractivity (Wildman–Crippen MR) is 110 cm³/mol. The number of carbonyl (C=O) groups excluding carboxylic acids is 1. The van der Waals surface area contributed by atoms with Gasteiger partial charge in [0.25, 0.3) is 0 Å². The molecule has 3 aliphatic rings. The van der Waals surface area contributed by atoms with E-state index in [1.165, 1.54) is 56.5 Å². The van der Waals surface area contributed by atoms with Gasteiger partial charge in [0.1, 0.15) is 0 Å². The van der Waals surface area contributed by atoms with Gasteiger partial charge >= 0.3 is 0 Å². The molecular weight excluding hydrogens is 356 g/mol. The van der Waals surface area contributed by atoms with Gasteiger partial charge in [-0.2, -0.15) is 0 Å². The topological polar surface area (TPSA) is 32.8 Å². The summed E-state index contributed by atoms with van der Waals surface area (Å²) < 4.78 is 5.84. The van der Waals surface area contributed by atoms with Gasteiger partial charge in [-0.05, 0) is 69.0 Å². The highest BCUT2D eigenvalue weighted by Crippen LogP contribution is 2.28. The summed E-state index contributed by atoms with van der Waals surface area (Å²) in [6.45, 7) is 5.01. The molecule has 27 heavy (non-hydrogen) atoms. The van der Waals surface area contributed by atoms with Gasteiger partial charge in [0.15, 0.2) is 0 Å². The summed E-state index contributed by atoms with van der Waals surface area (Å²) in [5, 5.41) is 2.06. The molecule has 2 aliphatic heterocycles. The summed E-state index contributed by atoms with van der Waals surface area (Å²) in [5.74, 6) is 0.933. The maximum Gasteiger partial charge on any atom is 0.227 e. The summed E-state index contributed by atoms with van der Waals surface area (Å²) in [5.41, 5.74) is 0. The van der Waals surface area contributed by atoms with Crippen LogP contribution in [-0.4, -0.2) is 60.6 Å². The lowest BCUT2D eigenvalue weighted by atomic mass is 9.94. The van der Waals surface area contributed by atoms with E-state index in [2.05, 4.69) is 21.2 Å². The predicted octanol–water partition coefficient (Wildman–Crippen LogP) is 3.95. The lowest BCUT2D eigenvalue weighted by Crippen LogP contribution is -2.45. The minimum Gasteiger partial charge on any atom is -0.376 e. The average Bonchev–Trinajstić information content (AvgIpc) is 3.45. The zero-order valence-corrected chi connectivity index (χ0v) is 17.3. The lowest BCUT2D eigenvalue weighted by molar-refractivity contribution is -0.133. The molecular formula is C22H34N2O2S. The highest BCUT2D eigenvalue weighted by Gasteiger charge is 2.30. The molecule has 0 radical (unpaired) electrons. The summed E-state index contributed by atoms with van der Waals surface area (Å²) in [6, 6.07) is 4.96. The van der Waals surface area contributed by atoms with E-state index in [1.807, 2.05) is 6.07 Å². The third kappa shape index (κ3) is 5.33. The maximum absolute atomic E-state index is 13.0. The third-order valence-corrected chi connectivity index (χ3v) is 7.55. The molecule has 4 rings (SSSR count). The van der Waals surface area contributed by atoms with Crippen LogP contribution in [0.4, 0.5) is 0 Å². The molecule has 1 aromatic rings. The number of piperidine rings is 1. The quantitative estimate of drug-likeness (QED) is 0.707. The van der Waals surface area contributed by atoms with Crippen LogP contribution in [0.5, 0.6) is 0 Å². The Balaban J connectivity index is 1.31. The molecule has 4 nitrogen and oxygen atoms in total. The van der Waals surface area contributed by atoms with Gasteiger partial charge < -0.3 is 14.5 Å². The number of rotatable bonds is 7. The molecule has 0 N–H and O–H groups in total. The average molecular weight is 391 g/mol. The van der Waals surface area contributed by atoms with Crippen LogP contribution >= 0.6 is 11.3 Å². The van der Waals surface area contributed by atoms with E-state index in [4.69, 9.17) is 4.74 Å². The van der Waals surface area contributed by atoms with Crippen molar-refractivity contribution in [1.29, 1.82) is 0 Å². The van der Waals surface area contributed by atoms with Gasteiger partial charge in [-0.1, -0.05) is 18.9 Å². The highest BCUT2D eigenvalue weighted by atomic mass is 32.1. The highest BCUT2D eigenvalue weighted by molar-refractivity contribution is 7.10. The van der Waals surface area contributed by atoms with E-state index in [9.17, 15) is 4.79 Å². The van der Waals surface area contributed by atoms with Gasteiger partial charge in [-0.3, -0.25) is 4.79 Å². The van der Waals surface area contributed by atoms with E-state index in [1.54, 1.807) is 11.3 Å². The van der Waals surface area contributed by atoms with Crippen molar-refractivity contribution in [2.75, 3.05) is 32.8 Å². The van der Waals surface area contributed by atoms with Crippen LogP contribution in [0.1, 0.15) is 56.2 Å². The molecule has 0 unspecified atom stereocenters. The zero-order chi connectivity index (χ0) is 18.5. The van der Waals surface area contributed by atoms with Gasteiger partial charge in [0, 0.05) is 30.6 Å². The first-order chi connectivity index (χ1) is 13.3. The Kier molecular flexibility index (Phi) is 6.85. The second-order valence-corrected chi connectivity index (χ2v) is 9.64. The molecule has 1 aromatic heterocycles. The second-order valence-electron chi connectivity index (χ2n) is 8.61. The number of hydrogen-bond acceptors (Lipinski definition) is 4. The van der Waals surface area contributed by atoms with Gasteiger partial charge in [-0.15, -0.1) is 11.3 Å². The fourth-order valence-electron chi connectivity index (χ4n) is 5.07. The molecule has 1 atom stereocenters. The number of hydrogen-bond donors (Lipinski definition) is 0. The van der Waals surface area contributed by atoms with Crippen LogP contribution in [-0.2, 0) is 16.0 Å². The molecule has 1 saturated carbocycles. The standard InChI is InChI=1S/C22H34N2O2S/c25-22(15-21-8-4-14-27-21)24(17-20-7-3-13-26-20)16-18-9-11-23(12-10-18)19-5-1-2-6-19/h4,8,14,18-20H,1-3,5-7,9-13,15-17H2/t20-/m1/s1. The number of nitrogens with zero attached hydrogens (tertiary/aromatic N) is 2. The van der Waals surface area contributed by atoms with E-state index in [-0.39, 0.29) is 12.0 Å². The molecule has 1 amide bonds. The van der Waals surface area contributed by atoms with Crippen molar-refractivity contribution in [1.82, 2.24) is 9.80 Å². The Morgan fingerprint density at radius 1 is 1.11 bits per heavy atom. The van der Waals surface area contributed by atoms with Gasteiger partial charge in [-0.25, -0.2) is 0 Å². The Morgan fingerprint density at radius 3 is 2.59 bits per heavy atom. The molecule has 5 heteroatoms. The zero-order valence-electron chi connectivity index (χ0n) is 16.5. The van der Waals surface area contributed by atoms with Crippen LogP contribution in [0.2, 0.25) is 0 Å². The largest absolute Gasteiger partial charge is 0.376 e. The van der Waals surface area contributed by atoms with Crippen LogP contribution in [0.3, 0.4) is 0 Å². The summed E-state index contributed by atoms with van der Waals surface area (Å²) in [4.78, 5) is 19.0. The summed E-state index contributed by atoms with van der Waals surface area (Å²) >= 11 is 1.69. The first-order valence-electron chi connectivity index (χ1n) is 10.9. The van der Waals surface area contributed by atoms with Crippen molar-refractivity contribution in [2.24, 2.45) is 5.92 Å². The van der Waals surface area contributed by atoms with Crippen LogP contribution in [0.25, 0.3) is 0 Å². The van der Waals surface area contributed by atoms with Crippen LogP contribution < -0.4 is 0 Å². The SMILES string of the molecule is O=C(Cc1cccs1)N(CC1CCN(C2CCCC2)CC1)C[C@H]1CCCO1. The first kappa shape index (κ1) is 19.4. The normalized spacial score (nSPS) is 25.3. The molecule has 2 saturated heterocycles. The summed E-state index contributed by atoms with van der Waals surface area (Å²) in [7, 11) is 0. The molecule has 3 fully saturated rings. The molecule has 0 aromatic carbocycles. The Hall–Kier alpha value is -0.910. The van der Waals surface area contributed by atoms with Crippen LogP contribution in [0, 0.1) is 5.92 Å². The molecule has 3 heterocycles.